The second kappa shape index (κ2) is 5.78. The van der Waals surface area contributed by atoms with Crippen LogP contribution in [0.2, 0.25) is 0 Å². The molecule has 1 saturated carbocycles. The summed E-state index contributed by atoms with van der Waals surface area (Å²) in [4.78, 5) is 8.80. The van der Waals surface area contributed by atoms with Gasteiger partial charge in [0.15, 0.2) is 5.82 Å². The number of nitrogens with zero attached hydrogens (tertiary/aromatic N) is 3. The van der Waals surface area contributed by atoms with Gasteiger partial charge in [0.2, 0.25) is 0 Å². The van der Waals surface area contributed by atoms with Gasteiger partial charge in [-0.25, -0.2) is 4.98 Å². The average molecular weight is 299 g/mol. The van der Waals surface area contributed by atoms with E-state index in [1.165, 1.54) is 25.7 Å². The van der Waals surface area contributed by atoms with Gasteiger partial charge in [-0.1, -0.05) is 18.9 Å². The van der Waals surface area contributed by atoms with Crippen molar-refractivity contribution in [3.63, 3.8) is 0 Å². The molecule has 22 heavy (non-hydrogen) atoms. The van der Waals surface area contributed by atoms with E-state index in [-0.39, 0.29) is 5.60 Å². The highest BCUT2D eigenvalue weighted by Crippen LogP contribution is 2.41. The largest absolute Gasteiger partial charge is 0.373 e. The van der Waals surface area contributed by atoms with E-state index >= 15 is 0 Å². The van der Waals surface area contributed by atoms with Gasteiger partial charge in [0.05, 0.1) is 12.1 Å². The molecule has 3 heterocycles. The molecule has 2 aromatic rings. The number of pyridine rings is 1. The van der Waals surface area contributed by atoms with Crippen molar-refractivity contribution in [2.75, 3.05) is 6.61 Å². The summed E-state index contributed by atoms with van der Waals surface area (Å²) in [6.07, 6.45) is 7.76. The normalized spacial score (nSPS) is 23.4. The molecule has 2 aliphatic rings. The fourth-order valence-corrected chi connectivity index (χ4v) is 3.70. The van der Waals surface area contributed by atoms with Crippen molar-refractivity contribution in [2.24, 2.45) is 0 Å². The Morgan fingerprint density at radius 1 is 1.32 bits per heavy atom. The van der Waals surface area contributed by atoms with Crippen LogP contribution < -0.4 is 5.32 Å². The molecule has 1 unspecified atom stereocenters. The van der Waals surface area contributed by atoms with Crippen LogP contribution in [0.4, 0.5) is 0 Å². The second-order valence-corrected chi connectivity index (χ2v) is 6.16. The molecule has 0 bridgehead atoms. The van der Waals surface area contributed by atoms with E-state index in [2.05, 4.69) is 25.5 Å². The number of aromatic nitrogens is 4. The molecule has 4 rings (SSSR count). The molecule has 6 nitrogen and oxygen atoms in total. The van der Waals surface area contributed by atoms with Gasteiger partial charge < -0.3 is 10.1 Å². The minimum Gasteiger partial charge on any atom is -0.373 e. The number of ether oxygens (including phenoxy) is 1. The first-order valence-corrected chi connectivity index (χ1v) is 8.06. The van der Waals surface area contributed by atoms with Crippen LogP contribution in [0.5, 0.6) is 0 Å². The fraction of sp³-hybridized carbons (Fsp3) is 0.562. The molecule has 1 saturated heterocycles. The lowest BCUT2D eigenvalue weighted by atomic mass is 9.92. The summed E-state index contributed by atoms with van der Waals surface area (Å²) in [5, 5.41) is 10.9. The van der Waals surface area contributed by atoms with Crippen molar-refractivity contribution in [1.29, 1.82) is 0 Å². The quantitative estimate of drug-likeness (QED) is 0.904. The molecule has 0 radical (unpaired) electrons. The Kier molecular flexibility index (Phi) is 3.63. The predicted molar refractivity (Wildman–Crippen MR) is 82.0 cm³/mol. The zero-order valence-electron chi connectivity index (χ0n) is 12.6. The van der Waals surface area contributed by atoms with Crippen molar-refractivity contribution in [3.05, 3.63) is 30.2 Å². The molecular formula is C16H21N5O. The van der Waals surface area contributed by atoms with Crippen LogP contribution in [-0.4, -0.2) is 38.4 Å². The SMILES string of the molecule is c1ccc(-c2n[nH]c(CNC3CCOC34CCCC4)n2)nc1. The first-order chi connectivity index (χ1) is 10.9. The third-order valence-corrected chi connectivity index (χ3v) is 4.82. The number of H-pyrrole nitrogens is 1. The average Bonchev–Trinajstić information content (AvgIpc) is 3.29. The molecule has 1 spiro atoms. The molecule has 6 heteroatoms. The van der Waals surface area contributed by atoms with Crippen LogP contribution >= 0.6 is 0 Å². The van der Waals surface area contributed by atoms with Crippen molar-refractivity contribution in [1.82, 2.24) is 25.5 Å². The van der Waals surface area contributed by atoms with Gasteiger partial charge in [0.1, 0.15) is 11.5 Å². The van der Waals surface area contributed by atoms with Crippen LogP contribution in [0.25, 0.3) is 11.5 Å². The molecule has 0 aromatic carbocycles. The van der Waals surface area contributed by atoms with E-state index < -0.39 is 0 Å². The summed E-state index contributed by atoms with van der Waals surface area (Å²) < 4.78 is 6.06. The van der Waals surface area contributed by atoms with E-state index in [0.717, 1.165) is 24.5 Å². The Morgan fingerprint density at radius 2 is 2.23 bits per heavy atom. The molecule has 2 N–H and O–H groups in total. The lowest BCUT2D eigenvalue weighted by Gasteiger charge is -2.30. The minimum absolute atomic E-state index is 0.0733. The highest BCUT2D eigenvalue weighted by molar-refractivity contribution is 5.47. The van der Waals surface area contributed by atoms with Crippen LogP contribution in [-0.2, 0) is 11.3 Å². The van der Waals surface area contributed by atoms with Gasteiger partial charge in [0, 0.05) is 18.8 Å². The maximum Gasteiger partial charge on any atom is 0.199 e. The van der Waals surface area contributed by atoms with Crippen LogP contribution in [0, 0.1) is 0 Å². The van der Waals surface area contributed by atoms with Gasteiger partial charge in [-0.15, -0.1) is 0 Å². The van der Waals surface area contributed by atoms with Crippen molar-refractivity contribution in [3.8, 4) is 11.5 Å². The first-order valence-electron chi connectivity index (χ1n) is 8.06. The zero-order valence-corrected chi connectivity index (χ0v) is 12.6. The van der Waals surface area contributed by atoms with Crippen LogP contribution in [0.3, 0.4) is 0 Å². The lowest BCUT2D eigenvalue weighted by molar-refractivity contribution is -0.00494. The smallest absolute Gasteiger partial charge is 0.199 e. The number of rotatable bonds is 4. The van der Waals surface area contributed by atoms with Gasteiger partial charge in [-0.3, -0.25) is 10.1 Å². The molecule has 1 aliphatic carbocycles. The lowest BCUT2D eigenvalue weighted by Crippen LogP contribution is -2.45. The third-order valence-electron chi connectivity index (χ3n) is 4.82. The van der Waals surface area contributed by atoms with E-state index in [1.807, 2.05) is 18.2 Å². The van der Waals surface area contributed by atoms with Crippen molar-refractivity contribution in [2.45, 2.75) is 50.3 Å². The van der Waals surface area contributed by atoms with Gasteiger partial charge in [-0.05, 0) is 31.4 Å². The Bertz CT molecular complexity index is 615. The Balaban J connectivity index is 1.41. The molecule has 116 valence electrons. The van der Waals surface area contributed by atoms with Gasteiger partial charge in [0.25, 0.3) is 0 Å². The van der Waals surface area contributed by atoms with Crippen molar-refractivity contribution >= 4 is 0 Å². The summed E-state index contributed by atoms with van der Waals surface area (Å²) in [5.74, 6) is 1.50. The molecule has 2 fully saturated rings. The number of aromatic amines is 1. The molecule has 2 aromatic heterocycles. The van der Waals surface area contributed by atoms with Crippen LogP contribution in [0.15, 0.2) is 24.4 Å². The topological polar surface area (TPSA) is 75.7 Å². The number of hydrogen-bond donors (Lipinski definition) is 2. The maximum atomic E-state index is 6.06. The molecule has 1 atom stereocenters. The zero-order chi connectivity index (χ0) is 14.8. The van der Waals surface area contributed by atoms with E-state index in [1.54, 1.807) is 6.20 Å². The summed E-state index contributed by atoms with van der Waals surface area (Å²) >= 11 is 0. The highest BCUT2D eigenvalue weighted by Gasteiger charge is 2.45. The third kappa shape index (κ3) is 2.53. The van der Waals surface area contributed by atoms with Gasteiger partial charge in [-0.2, -0.15) is 5.10 Å². The Hall–Kier alpha value is -1.79. The maximum absolute atomic E-state index is 6.06. The summed E-state index contributed by atoms with van der Waals surface area (Å²) in [6, 6.07) is 6.17. The summed E-state index contributed by atoms with van der Waals surface area (Å²) in [6.45, 7) is 1.56. The highest BCUT2D eigenvalue weighted by atomic mass is 16.5. The molecular weight excluding hydrogens is 278 g/mol. The second-order valence-electron chi connectivity index (χ2n) is 6.16. The molecule has 1 aliphatic heterocycles. The summed E-state index contributed by atoms with van der Waals surface area (Å²) in [7, 11) is 0. The first kappa shape index (κ1) is 13.8. The van der Waals surface area contributed by atoms with Crippen molar-refractivity contribution < 1.29 is 4.74 Å². The standard InChI is InChI=1S/C16H21N5O/c1-4-9-17-12(5-1)15-19-14(20-21-15)11-18-13-6-10-22-16(13)7-2-3-8-16/h1,4-5,9,13,18H,2-3,6-8,10-11H2,(H,19,20,21). The molecule has 0 amide bonds. The fourth-order valence-electron chi connectivity index (χ4n) is 3.70. The Labute approximate surface area is 129 Å². The number of nitrogens with one attached hydrogen (secondary N) is 2. The van der Waals surface area contributed by atoms with Crippen LogP contribution in [0.1, 0.15) is 37.9 Å². The van der Waals surface area contributed by atoms with E-state index in [0.29, 0.717) is 18.4 Å². The number of hydrogen-bond acceptors (Lipinski definition) is 5. The van der Waals surface area contributed by atoms with E-state index in [9.17, 15) is 0 Å². The van der Waals surface area contributed by atoms with Gasteiger partial charge >= 0.3 is 0 Å². The monoisotopic (exact) mass is 299 g/mol. The minimum atomic E-state index is 0.0733. The Morgan fingerprint density at radius 3 is 3.05 bits per heavy atom. The summed E-state index contributed by atoms with van der Waals surface area (Å²) in [5.41, 5.74) is 0.866. The predicted octanol–water partition coefficient (Wildman–Crippen LogP) is 2.06. The van der Waals surface area contributed by atoms with E-state index in [4.69, 9.17) is 4.74 Å².